The van der Waals surface area contributed by atoms with Gasteiger partial charge >= 0.3 is 0 Å². The van der Waals surface area contributed by atoms with Crippen molar-refractivity contribution in [1.82, 2.24) is 5.43 Å². The molecule has 0 fully saturated rings. The molecule has 0 aromatic carbocycles. The lowest BCUT2D eigenvalue weighted by Gasteiger charge is -2.24. The van der Waals surface area contributed by atoms with Crippen LogP contribution in [0.15, 0.2) is 52.3 Å². The Morgan fingerprint density at radius 2 is 2.14 bits per heavy atom. The highest BCUT2D eigenvalue weighted by molar-refractivity contribution is 6.06. The fourth-order valence-electron chi connectivity index (χ4n) is 2.19. The van der Waals surface area contributed by atoms with Crippen molar-refractivity contribution in [2.24, 2.45) is 5.10 Å². The number of rotatable bonds is 0. The molecule has 1 aliphatic heterocycles. The van der Waals surface area contributed by atoms with Crippen molar-refractivity contribution in [1.29, 1.82) is 0 Å². The lowest BCUT2D eigenvalue weighted by molar-refractivity contribution is 0.898. The van der Waals surface area contributed by atoms with Crippen molar-refractivity contribution in [3.05, 3.63) is 47.2 Å². The summed E-state index contributed by atoms with van der Waals surface area (Å²) in [6.07, 6.45) is 14.1. The van der Waals surface area contributed by atoms with Crippen LogP contribution in [-0.4, -0.2) is 5.71 Å². The van der Waals surface area contributed by atoms with Crippen LogP contribution in [-0.2, 0) is 0 Å². The Bertz CT molecular complexity index is 380. The van der Waals surface area contributed by atoms with Gasteiger partial charge in [0.1, 0.15) is 0 Å². The molecule has 2 aliphatic carbocycles. The average molecular weight is 184 g/mol. The largest absolute Gasteiger partial charge is 0.286 e. The fraction of sp³-hybridized carbons (Fsp3) is 0.250. The van der Waals surface area contributed by atoms with Crippen molar-refractivity contribution in [3.63, 3.8) is 0 Å². The third kappa shape index (κ3) is 1.07. The predicted octanol–water partition coefficient (Wildman–Crippen LogP) is 2.44. The highest BCUT2D eigenvalue weighted by Crippen LogP contribution is 2.33. The summed E-state index contributed by atoms with van der Waals surface area (Å²) in [4.78, 5) is 0. The molecule has 0 amide bonds. The SMILES string of the molecule is C1=CC2=C3C=CNN=C3CCC2=CC1. The maximum absolute atomic E-state index is 4.30. The Kier molecular flexibility index (Phi) is 1.66. The van der Waals surface area contributed by atoms with E-state index in [0.29, 0.717) is 0 Å². The summed E-state index contributed by atoms with van der Waals surface area (Å²) in [5.41, 5.74) is 8.28. The molecule has 1 heterocycles. The number of hydrazone groups is 1. The summed E-state index contributed by atoms with van der Waals surface area (Å²) >= 11 is 0. The molecule has 0 saturated heterocycles. The van der Waals surface area contributed by atoms with E-state index >= 15 is 0 Å². The molecular weight excluding hydrogens is 172 g/mol. The van der Waals surface area contributed by atoms with E-state index in [1.54, 1.807) is 0 Å². The van der Waals surface area contributed by atoms with Crippen molar-refractivity contribution in [3.8, 4) is 0 Å². The second kappa shape index (κ2) is 2.98. The summed E-state index contributed by atoms with van der Waals surface area (Å²) in [6, 6.07) is 0. The van der Waals surface area contributed by atoms with Gasteiger partial charge in [-0.1, -0.05) is 18.2 Å². The highest BCUT2D eigenvalue weighted by atomic mass is 15.3. The molecule has 2 nitrogen and oxygen atoms in total. The first kappa shape index (κ1) is 7.80. The average Bonchev–Trinajstić information content (AvgIpc) is 2.29. The van der Waals surface area contributed by atoms with Crippen LogP contribution < -0.4 is 5.43 Å². The van der Waals surface area contributed by atoms with Crippen LogP contribution in [0.4, 0.5) is 0 Å². The van der Waals surface area contributed by atoms with Crippen LogP contribution in [0.1, 0.15) is 19.3 Å². The van der Waals surface area contributed by atoms with Crippen LogP contribution in [0.25, 0.3) is 0 Å². The van der Waals surface area contributed by atoms with E-state index in [1.807, 2.05) is 6.20 Å². The maximum atomic E-state index is 4.30. The summed E-state index contributed by atoms with van der Waals surface area (Å²) < 4.78 is 0. The van der Waals surface area contributed by atoms with Crippen molar-refractivity contribution in [2.75, 3.05) is 0 Å². The number of hydrogen-bond donors (Lipinski definition) is 1. The molecule has 0 aromatic heterocycles. The smallest absolute Gasteiger partial charge is 0.0689 e. The normalized spacial score (nSPS) is 23.4. The lowest BCUT2D eigenvalue weighted by atomic mass is 9.83. The summed E-state index contributed by atoms with van der Waals surface area (Å²) in [6.45, 7) is 0. The van der Waals surface area contributed by atoms with E-state index in [1.165, 1.54) is 22.4 Å². The Labute approximate surface area is 83.4 Å². The Morgan fingerprint density at radius 3 is 3.14 bits per heavy atom. The first-order chi connectivity index (χ1) is 6.95. The van der Waals surface area contributed by atoms with Gasteiger partial charge in [0.2, 0.25) is 0 Å². The van der Waals surface area contributed by atoms with Gasteiger partial charge < -0.3 is 0 Å². The molecule has 3 aliphatic rings. The minimum Gasteiger partial charge on any atom is -0.286 e. The molecule has 0 bridgehead atoms. The van der Waals surface area contributed by atoms with Gasteiger partial charge in [0.15, 0.2) is 0 Å². The van der Waals surface area contributed by atoms with E-state index in [-0.39, 0.29) is 0 Å². The molecule has 0 unspecified atom stereocenters. The van der Waals surface area contributed by atoms with E-state index in [9.17, 15) is 0 Å². The minimum atomic E-state index is 1.07. The van der Waals surface area contributed by atoms with Gasteiger partial charge in [0.05, 0.1) is 5.71 Å². The first-order valence-electron chi connectivity index (χ1n) is 5.04. The van der Waals surface area contributed by atoms with E-state index in [4.69, 9.17) is 0 Å². The van der Waals surface area contributed by atoms with Crippen LogP contribution in [0.2, 0.25) is 0 Å². The second-order valence-corrected chi connectivity index (χ2v) is 3.72. The van der Waals surface area contributed by atoms with Gasteiger partial charge in [-0.2, -0.15) is 5.10 Å². The summed E-state index contributed by atoms with van der Waals surface area (Å²) in [5.74, 6) is 0. The van der Waals surface area contributed by atoms with E-state index in [0.717, 1.165) is 19.3 Å². The quantitative estimate of drug-likeness (QED) is 0.614. The van der Waals surface area contributed by atoms with Gasteiger partial charge in [0.25, 0.3) is 0 Å². The zero-order valence-electron chi connectivity index (χ0n) is 7.96. The van der Waals surface area contributed by atoms with Crippen LogP contribution in [0, 0.1) is 0 Å². The van der Waals surface area contributed by atoms with Gasteiger partial charge in [0, 0.05) is 11.8 Å². The molecule has 14 heavy (non-hydrogen) atoms. The molecule has 1 N–H and O–H groups in total. The van der Waals surface area contributed by atoms with Crippen molar-refractivity contribution >= 4 is 5.71 Å². The molecule has 3 rings (SSSR count). The Morgan fingerprint density at radius 1 is 1.14 bits per heavy atom. The Hall–Kier alpha value is -1.57. The molecule has 0 radical (unpaired) electrons. The Balaban J connectivity index is 2.17. The van der Waals surface area contributed by atoms with Gasteiger partial charge in [-0.3, -0.25) is 5.43 Å². The maximum Gasteiger partial charge on any atom is 0.0689 e. The zero-order valence-corrected chi connectivity index (χ0v) is 7.96. The summed E-state index contributed by atoms with van der Waals surface area (Å²) in [5, 5.41) is 4.30. The number of nitrogens with one attached hydrogen (secondary N) is 1. The molecule has 70 valence electrons. The third-order valence-electron chi connectivity index (χ3n) is 2.89. The highest BCUT2D eigenvalue weighted by Gasteiger charge is 2.21. The van der Waals surface area contributed by atoms with Crippen molar-refractivity contribution < 1.29 is 0 Å². The van der Waals surface area contributed by atoms with E-state index in [2.05, 4.69) is 34.8 Å². The monoisotopic (exact) mass is 184 g/mol. The zero-order chi connectivity index (χ0) is 9.38. The van der Waals surface area contributed by atoms with Gasteiger partial charge in [-0.05, 0) is 36.5 Å². The molecule has 0 saturated carbocycles. The number of fused-ring (bicyclic) bond motifs is 2. The van der Waals surface area contributed by atoms with Crippen LogP contribution in [0.5, 0.6) is 0 Å². The first-order valence-corrected chi connectivity index (χ1v) is 5.04. The van der Waals surface area contributed by atoms with Crippen LogP contribution in [0.3, 0.4) is 0 Å². The predicted molar refractivity (Wildman–Crippen MR) is 57.8 cm³/mol. The molecule has 0 aromatic rings. The number of hydrogen-bond acceptors (Lipinski definition) is 2. The van der Waals surface area contributed by atoms with Gasteiger partial charge in [-0.25, -0.2) is 0 Å². The van der Waals surface area contributed by atoms with E-state index < -0.39 is 0 Å². The standard InChI is InChI=1S/C12H12N2/c1-2-4-10-9(3-1)5-6-12-11(10)7-8-13-14-12/h2-4,7-8,13H,1,5-6H2. The minimum absolute atomic E-state index is 1.07. The topological polar surface area (TPSA) is 24.4 Å². The second-order valence-electron chi connectivity index (χ2n) is 3.72. The number of allylic oxidation sites excluding steroid dienone is 7. The number of nitrogens with zero attached hydrogens (tertiary/aromatic N) is 1. The van der Waals surface area contributed by atoms with Crippen LogP contribution >= 0.6 is 0 Å². The molecule has 0 atom stereocenters. The third-order valence-corrected chi connectivity index (χ3v) is 2.89. The van der Waals surface area contributed by atoms with Crippen molar-refractivity contribution in [2.45, 2.75) is 19.3 Å². The molecule has 2 heteroatoms. The molecule has 0 spiro atoms. The fourth-order valence-corrected chi connectivity index (χ4v) is 2.19. The molecular formula is C12H12N2. The summed E-state index contributed by atoms with van der Waals surface area (Å²) in [7, 11) is 0. The van der Waals surface area contributed by atoms with Gasteiger partial charge in [-0.15, -0.1) is 0 Å². The lowest BCUT2D eigenvalue weighted by Crippen LogP contribution is -2.18.